The summed E-state index contributed by atoms with van der Waals surface area (Å²) in [6.45, 7) is 0. The Morgan fingerprint density at radius 3 is 2.16 bits per heavy atom. The zero-order valence-electron chi connectivity index (χ0n) is 13.3. The summed E-state index contributed by atoms with van der Waals surface area (Å²) in [5.41, 5.74) is 2.39. The highest BCUT2D eigenvalue weighted by molar-refractivity contribution is 6.43. The molecule has 2 amide bonds. The molecule has 1 aliphatic rings. The van der Waals surface area contributed by atoms with Crippen molar-refractivity contribution < 1.29 is 19.5 Å². The molecule has 0 saturated heterocycles. The normalized spacial score (nSPS) is 13.4. The van der Waals surface area contributed by atoms with Crippen molar-refractivity contribution in [3.63, 3.8) is 0 Å². The Kier molecular flexibility index (Phi) is 3.22. The Morgan fingerprint density at radius 1 is 0.880 bits per heavy atom. The van der Waals surface area contributed by atoms with Crippen LogP contribution in [0.5, 0.6) is 0 Å². The van der Waals surface area contributed by atoms with E-state index in [0.29, 0.717) is 22.2 Å². The van der Waals surface area contributed by atoms with Gasteiger partial charge in [-0.05, 0) is 41.8 Å². The highest BCUT2D eigenvalue weighted by atomic mass is 16.4. The van der Waals surface area contributed by atoms with Gasteiger partial charge in [0.15, 0.2) is 0 Å². The van der Waals surface area contributed by atoms with E-state index in [1.165, 1.54) is 24.3 Å². The van der Waals surface area contributed by atoms with Crippen LogP contribution in [0.15, 0.2) is 54.6 Å². The SMILES string of the molecule is Bc1ccc2c3c(cccc13)C(=O)N(c1ccc(C(=O)O)cc1)C2=O. The van der Waals surface area contributed by atoms with Gasteiger partial charge in [-0.2, -0.15) is 0 Å². The molecule has 4 rings (SSSR count). The molecule has 1 N–H and O–H groups in total. The fourth-order valence-electron chi connectivity index (χ4n) is 3.23. The predicted octanol–water partition coefficient (Wildman–Crippen LogP) is 1.60. The number of benzene rings is 3. The Hall–Kier alpha value is -3.41. The summed E-state index contributed by atoms with van der Waals surface area (Å²) in [5, 5.41) is 10.6. The summed E-state index contributed by atoms with van der Waals surface area (Å²) < 4.78 is 0. The van der Waals surface area contributed by atoms with Gasteiger partial charge in [-0.3, -0.25) is 9.59 Å². The summed E-state index contributed by atoms with van der Waals surface area (Å²) in [4.78, 5) is 38.0. The maximum Gasteiger partial charge on any atom is 0.335 e. The lowest BCUT2D eigenvalue weighted by Crippen LogP contribution is -2.40. The molecule has 3 aromatic carbocycles. The Labute approximate surface area is 143 Å². The van der Waals surface area contributed by atoms with Crippen molar-refractivity contribution in [2.75, 3.05) is 4.90 Å². The summed E-state index contributed by atoms with van der Waals surface area (Å²) in [7, 11) is 1.94. The second-order valence-corrected chi connectivity index (χ2v) is 5.96. The maximum absolute atomic E-state index is 12.9. The zero-order chi connectivity index (χ0) is 17.7. The standard InChI is InChI=1S/C19H12BNO4/c20-15-9-8-14-16-12(15)2-1-3-13(16)17(22)21(18(14)23)11-6-4-10(5-7-11)19(24)25/h1-9H,20H2,(H,24,25). The molecule has 0 bridgehead atoms. The van der Waals surface area contributed by atoms with Gasteiger partial charge in [0.05, 0.1) is 11.3 Å². The van der Waals surface area contributed by atoms with E-state index in [0.717, 1.165) is 15.7 Å². The van der Waals surface area contributed by atoms with Crippen LogP contribution < -0.4 is 10.4 Å². The number of carbonyl (C=O) groups excluding carboxylic acids is 2. The minimum Gasteiger partial charge on any atom is -0.478 e. The lowest BCUT2D eigenvalue weighted by atomic mass is 9.84. The molecule has 0 aromatic heterocycles. The molecule has 3 aromatic rings. The number of carboxylic acid groups (broad SMARTS) is 1. The van der Waals surface area contributed by atoms with Crippen LogP contribution in [-0.4, -0.2) is 30.7 Å². The molecule has 0 fully saturated rings. The molecule has 25 heavy (non-hydrogen) atoms. The van der Waals surface area contributed by atoms with Crippen molar-refractivity contribution in [3.05, 3.63) is 71.3 Å². The van der Waals surface area contributed by atoms with E-state index in [9.17, 15) is 14.4 Å². The van der Waals surface area contributed by atoms with E-state index in [1.54, 1.807) is 18.2 Å². The van der Waals surface area contributed by atoms with Crippen LogP contribution in [0.1, 0.15) is 31.1 Å². The molecule has 5 nitrogen and oxygen atoms in total. The quantitative estimate of drug-likeness (QED) is 0.572. The van der Waals surface area contributed by atoms with E-state index in [1.807, 2.05) is 20.0 Å². The van der Waals surface area contributed by atoms with E-state index >= 15 is 0 Å². The van der Waals surface area contributed by atoms with Crippen molar-refractivity contribution in [2.24, 2.45) is 0 Å². The van der Waals surface area contributed by atoms with Gasteiger partial charge in [-0.25, -0.2) is 9.69 Å². The number of amides is 2. The molecule has 1 aliphatic heterocycles. The fourth-order valence-corrected chi connectivity index (χ4v) is 3.23. The minimum atomic E-state index is -1.06. The average molecular weight is 329 g/mol. The third kappa shape index (κ3) is 2.15. The number of imide groups is 1. The third-order valence-electron chi connectivity index (χ3n) is 4.50. The van der Waals surface area contributed by atoms with Gasteiger partial charge in [0.25, 0.3) is 11.8 Å². The van der Waals surface area contributed by atoms with E-state index in [2.05, 4.69) is 0 Å². The summed E-state index contributed by atoms with van der Waals surface area (Å²) in [6, 6.07) is 14.7. The summed E-state index contributed by atoms with van der Waals surface area (Å²) >= 11 is 0. The molecule has 0 aliphatic carbocycles. The minimum absolute atomic E-state index is 0.0961. The van der Waals surface area contributed by atoms with Gasteiger partial charge >= 0.3 is 5.97 Å². The van der Waals surface area contributed by atoms with Gasteiger partial charge in [-0.15, -0.1) is 0 Å². The fraction of sp³-hybridized carbons (Fsp3) is 0. The van der Waals surface area contributed by atoms with Crippen LogP contribution >= 0.6 is 0 Å². The lowest BCUT2D eigenvalue weighted by molar-refractivity contribution is 0.0696. The molecule has 6 heteroatoms. The first-order valence-electron chi connectivity index (χ1n) is 7.73. The molecule has 0 saturated carbocycles. The average Bonchev–Trinajstić information content (AvgIpc) is 2.61. The van der Waals surface area contributed by atoms with Crippen LogP contribution in [-0.2, 0) is 0 Å². The Morgan fingerprint density at radius 2 is 1.52 bits per heavy atom. The number of carbonyl (C=O) groups is 3. The van der Waals surface area contributed by atoms with Crippen LogP contribution in [0.2, 0.25) is 0 Å². The Bertz CT molecular complexity index is 1050. The van der Waals surface area contributed by atoms with Crippen molar-refractivity contribution >= 4 is 47.6 Å². The monoisotopic (exact) mass is 329 g/mol. The molecule has 0 spiro atoms. The number of carboxylic acids is 1. The first kappa shape index (κ1) is 15.1. The van der Waals surface area contributed by atoms with Crippen molar-refractivity contribution in [2.45, 2.75) is 0 Å². The van der Waals surface area contributed by atoms with Crippen LogP contribution in [0.25, 0.3) is 10.8 Å². The number of aromatic carboxylic acids is 1. The topological polar surface area (TPSA) is 74.7 Å². The molecule has 0 unspecified atom stereocenters. The summed E-state index contributed by atoms with van der Waals surface area (Å²) in [6.07, 6.45) is 0. The van der Waals surface area contributed by atoms with Crippen molar-refractivity contribution in [1.82, 2.24) is 0 Å². The highest BCUT2D eigenvalue weighted by Crippen LogP contribution is 2.32. The smallest absolute Gasteiger partial charge is 0.335 e. The van der Waals surface area contributed by atoms with Gasteiger partial charge in [-0.1, -0.05) is 23.7 Å². The van der Waals surface area contributed by atoms with E-state index < -0.39 is 17.8 Å². The summed E-state index contributed by atoms with van der Waals surface area (Å²) in [5.74, 6) is -1.87. The van der Waals surface area contributed by atoms with Crippen molar-refractivity contribution in [1.29, 1.82) is 0 Å². The number of nitrogens with zero attached hydrogens (tertiary/aromatic N) is 1. The number of hydrogen-bond acceptors (Lipinski definition) is 3. The maximum atomic E-state index is 12.9. The molecule has 1 heterocycles. The number of rotatable bonds is 2. The first-order valence-corrected chi connectivity index (χ1v) is 7.73. The lowest BCUT2D eigenvalue weighted by Gasteiger charge is -2.27. The van der Waals surface area contributed by atoms with E-state index in [-0.39, 0.29) is 5.56 Å². The van der Waals surface area contributed by atoms with Crippen molar-refractivity contribution in [3.8, 4) is 0 Å². The van der Waals surface area contributed by atoms with Gasteiger partial charge < -0.3 is 5.11 Å². The third-order valence-corrected chi connectivity index (χ3v) is 4.50. The van der Waals surface area contributed by atoms with Crippen LogP contribution in [0.3, 0.4) is 0 Å². The predicted molar refractivity (Wildman–Crippen MR) is 96.7 cm³/mol. The molecular weight excluding hydrogens is 317 g/mol. The van der Waals surface area contributed by atoms with Gasteiger partial charge in [0.1, 0.15) is 7.85 Å². The molecule has 0 atom stereocenters. The van der Waals surface area contributed by atoms with Crippen LogP contribution in [0.4, 0.5) is 5.69 Å². The molecule has 120 valence electrons. The second-order valence-electron chi connectivity index (χ2n) is 5.96. The highest BCUT2D eigenvalue weighted by Gasteiger charge is 2.34. The van der Waals surface area contributed by atoms with Gasteiger partial charge in [0.2, 0.25) is 0 Å². The number of anilines is 1. The zero-order valence-corrected chi connectivity index (χ0v) is 13.3. The number of hydrogen-bond donors (Lipinski definition) is 1. The van der Waals surface area contributed by atoms with E-state index in [4.69, 9.17) is 5.11 Å². The largest absolute Gasteiger partial charge is 0.478 e. The van der Waals surface area contributed by atoms with Crippen LogP contribution in [0, 0.1) is 0 Å². The molecular formula is C19H12BNO4. The first-order chi connectivity index (χ1) is 12.0. The van der Waals surface area contributed by atoms with Gasteiger partial charge in [0, 0.05) is 16.5 Å². The second kappa shape index (κ2) is 5.31. The Balaban J connectivity index is 1.91. The molecule has 0 radical (unpaired) electrons.